The van der Waals surface area contributed by atoms with Gasteiger partial charge in [0.2, 0.25) is 17.6 Å². The predicted octanol–water partition coefficient (Wildman–Crippen LogP) is 3.63. The second kappa shape index (κ2) is 8.54. The van der Waals surface area contributed by atoms with Crippen molar-refractivity contribution < 1.29 is 9.32 Å². The van der Waals surface area contributed by atoms with E-state index < -0.39 is 0 Å². The lowest BCUT2D eigenvalue weighted by Crippen LogP contribution is -2.22. The van der Waals surface area contributed by atoms with Crippen molar-refractivity contribution in [1.29, 1.82) is 0 Å². The molecule has 0 unspecified atom stereocenters. The van der Waals surface area contributed by atoms with Crippen molar-refractivity contribution in [3.05, 3.63) is 70.1 Å². The van der Waals surface area contributed by atoms with Crippen LogP contribution >= 0.6 is 11.6 Å². The van der Waals surface area contributed by atoms with Crippen LogP contribution in [0, 0.1) is 0 Å². The molecule has 7 heteroatoms. The molecule has 6 nitrogen and oxygen atoms in total. The van der Waals surface area contributed by atoms with E-state index in [9.17, 15) is 4.79 Å². The van der Waals surface area contributed by atoms with Crippen LogP contribution in [-0.2, 0) is 30.8 Å². The van der Waals surface area contributed by atoms with E-state index in [4.69, 9.17) is 16.1 Å². The summed E-state index contributed by atoms with van der Waals surface area (Å²) in [6, 6.07) is 13.6. The van der Waals surface area contributed by atoms with Crippen LogP contribution in [0.1, 0.15) is 35.4 Å². The van der Waals surface area contributed by atoms with E-state index in [1.165, 1.54) is 11.1 Å². The first-order valence-electron chi connectivity index (χ1n) is 9.34. The zero-order valence-corrected chi connectivity index (χ0v) is 16.1. The summed E-state index contributed by atoms with van der Waals surface area (Å²) in [5, 5.41) is 10.9. The van der Waals surface area contributed by atoms with Gasteiger partial charge < -0.3 is 15.2 Å². The van der Waals surface area contributed by atoms with E-state index in [-0.39, 0.29) is 5.91 Å². The van der Waals surface area contributed by atoms with Crippen molar-refractivity contribution in [1.82, 2.24) is 20.8 Å². The summed E-state index contributed by atoms with van der Waals surface area (Å²) in [6.07, 6.45) is 1.64. The van der Waals surface area contributed by atoms with E-state index in [1.54, 1.807) is 12.1 Å². The van der Waals surface area contributed by atoms with Crippen molar-refractivity contribution >= 4 is 17.5 Å². The second-order valence-electron chi connectivity index (χ2n) is 6.86. The zero-order chi connectivity index (χ0) is 19.3. The third-order valence-electron chi connectivity index (χ3n) is 4.76. The molecular weight excluding hydrogens is 376 g/mol. The highest BCUT2D eigenvalue weighted by molar-refractivity contribution is 6.30. The lowest BCUT2D eigenvalue weighted by atomic mass is 10.1. The Balaban J connectivity index is 1.22. The lowest BCUT2D eigenvalue weighted by molar-refractivity contribution is -0.121. The number of carbonyl (C=O) groups is 1. The van der Waals surface area contributed by atoms with Gasteiger partial charge in [0.05, 0.1) is 0 Å². The highest BCUT2D eigenvalue weighted by Crippen LogP contribution is 2.19. The predicted molar refractivity (Wildman–Crippen MR) is 107 cm³/mol. The highest BCUT2D eigenvalue weighted by Gasteiger charge is 2.11. The molecule has 0 radical (unpaired) electrons. The molecule has 2 aromatic carbocycles. The van der Waals surface area contributed by atoms with Crippen LogP contribution in [0.2, 0.25) is 5.02 Å². The highest BCUT2D eigenvalue weighted by atomic mass is 35.5. The van der Waals surface area contributed by atoms with Gasteiger partial charge in [-0.15, -0.1) is 0 Å². The molecule has 4 rings (SSSR count). The van der Waals surface area contributed by atoms with Gasteiger partial charge in [-0.25, -0.2) is 0 Å². The number of aryl methyl sites for hydroxylation is 1. The van der Waals surface area contributed by atoms with Gasteiger partial charge in [0.15, 0.2) is 0 Å². The summed E-state index contributed by atoms with van der Waals surface area (Å²) < 4.78 is 5.27. The molecule has 0 spiro atoms. The van der Waals surface area contributed by atoms with E-state index in [1.807, 2.05) is 12.1 Å². The van der Waals surface area contributed by atoms with Gasteiger partial charge in [0.25, 0.3) is 0 Å². The number of hydrogen-bond acceptors (Lipinski definition) is 5. The number of amides is 1. The Morgan fingerprint density at radius 3 is 2.82 bits per heavy atom. The number of rotatable bonds is 7. The topological polar surface area (TPSA) is 80.0 Å². The molecular formula is C21H21ClN4O2. The number of hydrogen-bond donors (Lipinski definition) is 2. The van der Waals surface area contributed by atoms with Gasteiger partial charge in [-0.2, -0.15) is 4.98 Å². The van der Waals surface area contributed by atoms with Crippen molar-refractivity contribution in [3.8, 4) is 11.4 Å². The first-order chi connectivity index (χ1) is 13.7. The minimum atomic E-state index is 0.0241. The number of fused-ring (bicyclic) bond motifs is 1. The van der Waals surface area contributed by atoms with Gasteiger partial charge >= 0.3 is 0 Å². The largest absolute Gasteiger partial charge is 0.352 e. The van der Waals surface area contributed by atoms with Crippen molar-refractivity contribution in [2.75, 3.05) is 0 Å². The quantitative estimate of drug-likeness (QED) is 0.637. The van der Waals surface area contributed by atoms with Crippen LogP contribution in [0.3, 0.4) is 0 Å². The van der Waals surface area contributed by atoms with Gasteiger partial charge in [-0.1, -0.05) is 35.0 Å². The lowest BCUT2D eigenvalue weighted by Gasteiger charge is -2.06. The number of nitrogens with one attached hydrogen (secondary N) is 2. The Morgan fingerprint density at radius 2 is 1.96 bits per heavy atom. The molecule has 1 aliphatic heterocycles. The normalized spacial score (nSPS) is 12.8. The van der Waals surface area contributed by atoms with Crippen molar-refractivity contribution in [3.63, 3.8) is 0 Å². The molecule has 3 aromatic rings. The fourth-order valence-electron chi connectivity index (χ4n) is 3.22. The number of carbonyl (C=O) groups excluding carboxylic acids is 1. The molecule has 0 fully saturated rings. The van der Waals surface area contributed by atoms with Gasteiger partial charge in [0, 0.05) is 43.1 Å². The Morgan fingerprint density at radius 1 is 1.14 bits per heavy atom. The fourth-order valence-corrected chi connectivity index (χ4v) is 3.35. The SMILES string of the molecule is O=C(CCCc1nc(-c2ccc(Cl)cc2)no1)NCc1ccc2c(c1)CNC2. The van der Waals surface area contributed by atoms with E-state index >= 15 is 0 Å². The third kappa shape index (κ3) is 4.58. The second-order valence-corrected chi connectivity index (χ2v) is 7.29. The summed E-state index contributed by atoms with van der Waals surface area (Å²) in [5.74, 6) is 1.09. The maximum absolute atomic E-state index is 12.1. The molecule has 144 valence electrons. The Kier molecular flexibility index (Phi) is 5.69. The van der Waals surface area contributed by atoms with E-state index in [0.717, 1.165) is 24.2 Å². The van der Waals surface area contributed by atoms with Gasteiger partial charge in [-0.3, -0.25) is 4.79 Å². The molecule has 0 bridgehead atoms. The molecule has 1 aromatic heterocycles. The zero-order valence-electron chi connectivity index (χ0n) is 15.4. The smallest absolute Gasteiger partial charge is 0.226 e. The third-order valence-corrected chi connectivity index (χ3v) is 5.01. The minimum absolute atomic E-state index is 0.0241. The molecule has 0 atom stereocenters. The molecule has 0 aliphatic carbocycles. The summed E-state index contributed by atoms with van der Waals surface area (Å²) >= 11 is 5.89. The maximum Gasteiger partial charge on any atom is 0.226 e. The van der Waals surface area contributed by atoms with Crippen LogP contribution in [0.4, 0.5) is 0 Å². The molecule has 1 aliphatic rings. The Bertz CT molecular complexity index is 969. The average Bonchev–Trinajstić information content (AvgIpc) is 3.36. The van der Waals surface area contributed by atoms with Crippen LogP contribution in [0.15, 0.2) is 47.0 Å². The van der Waals surface area contributed by atoms with Crippen LogP contribution in [0.5, 0.6) is 0 Å². The van der Waals surface area contributed by atoms with Crippen LogP contribution in [-0.4, -0.2) is 16.0 Å². The van der Waals surface area contributed by atoms with Crippen molar-refractivity contribution in [2.45, 2.75) is 38.9 Å². The summed E-state index contributed by atoms with van der Waals surface area (Å²) in [7, 11) is 0. The average molecular weight is 397 g/mol. The molecule has 2 heterocycles. The van der Waals surface area contributed by atoms with Crippen molar-refractivity contribution in [2.24, 2.45) is 0 Å². The van der Waals surface area contributed by atoms with E-state index in [2.05, 4.69) is 39.0 Å². The Hall–Kier alpha value is -2.70. The minimum Gasteiger partial charge on any atom is -0.352 e. The van der Waals surface area contributed by atoms with Gasteiger partial charge in [-0.05, 0) is 47.4 Å². The Labute approximate surface area is 168 Å². The van der Waals surface area contributed by atoms with Gasteiger partial charge in [0.1, 0.15) is 0 Å². The summed E-state index contributed by atoms with van der Waals surface area (Å²) in [6.45, 7) is 2.38. The summed E-state index contributed by atoms with van der Waals surface area (Å²) in [4.78, 5) is 16.5. The first kappa shape index (κ1) is 18.7. The molecule has 1 amide bonds. The molecule has 2 N–H and O–H groups in total. The first-order valence-corrected chi connectivity index (χ1v) is 9.72. The standard InChI is InChI=1S/C21H21ClN4O2/c22-18-8-6-15(7-9-18)21-25-20(28-26-21)3-1-2-19(27)24-11-14-4-5-16-12-23-13-17(16)10-14/h4-10,23H,1-3,11-13H2,(H,24,27). The number of benzene rings is 2. The van der Waals surface area contributed by atoms with Crippen LogP contribution < -0.4 is 10.6 Å². The van der Waals surface area contributed by atoms with Crippen LogP contribution in [0.25, 0.3) is 11.4 Å². The maximum atomic E-state index is 12.1. The molecule has 28 heavy (non-hydrogen) atoms. The van der Waals surface area contributed by atoms with E-state index in [0.29, 0.717) is 42.5 Å². The molecule has 0 saturated heterocycles. The number of halogens is 1. The monoisotopic (exact) mass is 396 g/mol. The number of nitrogens with zero attached hydrogens (tertiary/aromatic N) is 2. The summed E-state index contributed by atoms with van der Waals surface area (Å²) in [5.41, 5.74) is 4.63. The number of aromatic nitrogens is 2. The fraction of sp³-hybridized carbons (Fsp3) is 0.286. The molecule has 0 saturated carbocycles.